The maximum atomic E-state index is 12.7. The summed E-state index contributed by atoms with van der Waals surface area (Å²) in [6.07, 6.45) is 4.58. The van der Waals surface area contributed by atoms with E-state index in [0.29, 0.717) is 28.0 Å². The summed E-state index contributed by atoms with van der Waals surface area (Å²) >= 11 is 0. The predicted octanol–water partition coefficient (Wildman–Crippen LogP) is 3.80. The quantitative estimate of drug-likeness (QED) is 0.508. The number of methoxy groups -OCH3 is 3. The molecule has 3 rings (SSSR count). The van der Waals surface area contributed by atoms with Crippen molar-refractivity contribution in [2.24, 2.45) is 0 Å². The second-order valence-electron chi connectivity index (χ2n) is 5.70. The fraction of sp³-hybridized carbons (Fsp3) is 0.143. The van der Waals surface area contributed by atoms with Crippen LogP contribution in [0.5, 0.6) is 11.5 Å². The molecular weight excluding hydrogens is 346 g/mol. The van der Waals surface area contributed by atoms with Crippen molar-refractivity contribution in [2.75, 3.05) is 21.3 Å². The maximum absolute atomic E-state index is 12.7. The van der Waals surface area contributed by atoms with Gasteiger partial charge in [-0.1, -0.05) is 18.2 Å². The minimum Gasteiger partial charge on any atom is -0.497 e. The van der Waals surface area contributed by atoms with Crippen LogP contribution in [0.1, 0.15) is 20.7 Å². The summed E-state index contributed by atoms with van der Waals surface area (Å²) in [5, 5.41) is 0.660. The van der Waals surface area contributed by atoms with Crippen LogP contribution in [0.2, 0.25) is 0 Å². The highest BCUT2D eigenvalue weighted by Gasteiger charge is 2.17. The Morgan fingerprint density at radius 3 is 2.48 bits per heavy atom. The van der Waals surface area contributed by atoms with Crippen molar-refractivity contribution in [3.8, 4) is 11.5 Å². The number of fused-ring (bicyclic) bond motifs is 1. The highest BCUT2D eigenvalue weighted by Crippen LogP contribution is 2.26. The number of aromatic nitrogens is 1. The third kappa shape index (κ3) is 3.55. The van der Waals surface area contributed by atoms with Gasteiger partial charge in [-0.15, -0.1) is 0 Å². The first-order chi connectivity index (χ1) is 13.1. The minimum absolute atomic E-state index is 0.292. The average Bonchev–Trinajstić information content (AvgIpc) is 3.11. The van der Waals surface area contributed by atoms with Crippen LogP contribution in [0.4, 0.5) is 0 Å². The molecule has 1 heterocycles. The maximum Gasteiger partial charge on any atom is 0.340 e. The van der Waals surface area contributed by atoms with Crippen LogP contribution >= 0.6 is 0 Å². The van der Waals surface area contributed by atoms with Gasteiger partial charge in [-0.3, -0.25) is 9.36 Å². The molecule has 3 aromatic rings. The van der Waals surface area contributed by atoms with Gasteiger partial charge in [0.2, 0.25) is 0 Å². The van der Waals surface area contributed by atoms with Gasteiger partial charge in [-0.05, 0) is 24.3 Å². The first kappa shape index (κ1) is 18.3. The standard InChI is InChI=1S/C21H19NO5/c1-25-15-10-8-14(19(12-15)26-2)9-11-20(23)22-13-17(21(24)27-3)16-6-4-5-7-18(16)22/h4-13H,1-3H3/b11-9+. The Morgan fingerprint density at radius 2 is 1.78 bits per heavy atom. The molecule has 0 aliphatic heterocycles. The topological polar surface area (TPSA) is 66.8 Å². The normalized spacial score (nSPS) is 10.9. The van der Waals surface area contributed by atoms with Crippen molar-refractivity contribution in [1.82, 2.24) is 4.57 Å². The predicted molar refractivity (Wildman–Crippen MR) is 102 cm³/mol. The highest BCUT2D eigenvalue weighted by molar-refractivity contribution is 6.09. The fourth-order valence-corrected chi connectivity index (χ4v) is 2.83. The lowest BCUT2D eigenvalue weighted by molar-refractivity contribution is 0.0603. The van der Waals surface area contributed by atoms with E-state index in [9.17, 15) is 9.59 Å². The summed E-state index contributed by atoms with van der Waals surface area (Å²) in [4.78, 5) is 24.7. The number of allylic oxidation sites excluding steroid dienone is 1. The lowest BCUT2D eigenvalue weighted by atomic mass is 10.1. The number of carbonyl (C=O) groups is 2. The van der Waals surface area contributed by atoms with E-state index in [-0.39, 0.29) is 5.91 Å². The molecular formula is C21H19NO5. The SMILES string of the molecule is COC(=O)c1cn(C(=O)/C=C/c2ccc(OC)cc2OC)c2ccccc12. The third-order valence-corrected chi connectivity index (χ3v) is 4.20. The van der Waals surface area contributed by atoms with Crippen molar-refractivity contribution in [2.45, 2.75) is 0 Å². The Bertz CT molecular complexity index is 1030. The number of carbonyl (C=O) groups excluding carboxylic acids is 2. The van der Waals surface area contributed by atoms with Crippen LogP contribution in [0, 0.1) is 0 Å². The van der Waals surface area contributed by atoms with Gasteiger partial charge < -0.3 is 14.2 Å². The molecule has 0 saturated carbocycles. The first-order valence-corrected chi connectivity index (χ1v) is 8.22. The zero-order valence-corrected chi connectivity index (χ0v) is 15.3. The molecule has 0 atom stereocenters. The summed E-state index contributed by atoms with van der Waals surface area (Å²) < 4.78 is 16.7. The molecule has 0 saturated heterocycles. The van der Waals surface area contributed by atoms with Crippen LogP contribution < -0.4 is 9.47 Å². The number of hydrogen-bond acceptors (Lipinski definition) is 5. The molecule has 2 aromatic carbocycles. The molecule has 0 N–H and O–H groups in total. The minimum atomic E-state index is -0.487. The fourth-order valence-electron chi connectivity index (χ4n) is 2.83. The molecule has 0 amide bonds. The van der Waals surface area contributed by atoms with Gasteiger partial charge in [-0.2, -0.15) is 0 Å². The Labute approximate surface area is 156 Å². The van der Waals surface area contributed by atoms with Gasteiger partial charge in [0.25, 0.3) is 5.91 Å². The van der Waals surface area contributed by atoms with E-state index in [0.717, 1.165) is 5.56 Å². The number of rotatable bonds is 5. The van der Waals surface area contributed by atoms with Crippen molar-refractivity contribution in [3.63, 3.8) is 0 Å². The number of benzene rings is 2. The Morgan fingerprint density at radius 1 is 1.00 bits per heavy atom. The molecule has 0 radical (unpaired) electrons. The molecule has 0 aliphatic carbocycles. The van der Waals surface area contributed by atoms with E-state index in [1.54, 1.807) is 50.6 Å². The number of para-hydroxylation sites is 1. The first-order valence-electron chi connectivity index (χ1n) is 8.22. The van der Waals surface area contributed by atoms with Crippen LogP contribution in [0.3, 0.4) is 0 Å². The smallest absolute Gasteiger partial charge is 0.340 e. The Hall–Kier alpha value is -3.54. The van der Waals surface area contributed by atoms with Gasteiger partial charge in [0.15, 0.2) is 0 Å². The van der Waals surface area contributed by atoms with Gasteiger partial charge in [-0.25, -0.2) is 4.79 Å². The molecule has 0 unspecified atom stereocenters. The number of ether oxygens (including phenoxy) is 3. The summed E-state index contributed by atoms with van der Waals surface area (Å²) in [5.74, 6) is 0.471. The van der Waals surface area contributed by atoms with Crippen molar-refractivity contribution >= 4 is 28.9 Å². The van der Waals surface area contributed by atoms with Crippen LogP contribution in [0.15, 0.2) is 54.7 Å². The van der Waals surface area contributed by atoms with Crippen molar-refractivity contribution in [3.05, 3.63) is 65.9 Å². The van der Waals surface area contributed by atoms with Crippen LogP contribution in [-0.4, -0.2) is 37.8 Å². The largest absolute Gasteiger partial charge is 0.497 e. The zero-order valence-electron chi connectivity index (χ0n) is 15.3. The van der Waals surface area contributed by atoms with E-state index in [4.69, 9.17) is 14.2 Å². The van der Waals surface area contributed by atoms with Crippen LogP contribution in [0.25, 0.3) is 17.0 Å². The molecule has 1 aromatic heterocycles. The molecule has 0 aliphatic rings. The molecule has 6 nitrogen and oxygen atoms in total. The van der Waals surface area contributed by atoms with E-state index in [1.165, 1.54) is 23.9 Å². The van der Waals surface area contributed by atoms with Crippen molar-refractivity contribution in [1.29, 1.82) is 0 Å². The zero-order chi connectivity index (χ0) is 19.4. The van der Waals surface area contributed by atoms with Gasteiger partial charge in [0.1, 0.15) is 11.5 Å². The number of nitrogens with zero attached hydrogens (tertiary/aromatic N) is 1. The van der Waals surface area contributed by atoms with E-state index in [2.05, 4.69) is 0 Å². The summed E-state index contributed by atoms with van der Waals surface area (Å²) in [6, 6.07) is 12.5. The molecule has 6 heteroatoms. The molecule has 0 spiro atoms. The Kier molecular flexibility index (Phi) is 5.26. The van der Waals surface area contributed by atoms with Gasteiger partial charge >= 0.3 is 5.97 Å². The Balaban J connectivity index is 1.98. The number of esters is 1. The lowest BCUT2D eigenvalue weighted by Gasteiger charge is -2.07. The highest BCUT2D eigenvalue weighted by atomic mass is 16.5. The lowest BCUT2D eigenvalue weighted by Crippen LogP contribution is -2.06. The third-order valence-electron chi connectivity index (χ3n) is 4.20. The van der Waals surface area contributed by atoms with Crippen molar-refractivity contribution < 1.29 is 23.8 Å². The summed E-state index contributed by atoms with van der Waals surface area (Å²) in [6.45, 7) is 0. The summed E-state index contributed by atoms with van der Waals surface area (Å²) in [7, 11) is 4.44. The van der Waals surface area contributed by atoms with Gasteiger partial charge in [0.05, 0.1) is 32.4 Å². The van der Waals surface area contributed by atoms with Crippen LogP contribution in [-0.2, 0) is 4.74 Å². The summed E-state index contributed by atoms with van der Waals surface area (Å²) in [5.41, 5.74) is 1.71. The average molecular weight is 365 g/mol. The molecule has 0 bridgehead atoms. The molecule has 27 heavy (non-hydrogen) atoms. The number of hydrogen-bond donors (Lipinski definition) is 0. The molecule has 0 fully saturated rings. The van der Waals surface area contributed by atoms with E-state index < -0.39 is 5.97 Å². The molecule has 138 valence electrons. The second-order valence-corrected chi connectivity index (χ2v) is 5.70. The van der Waals surface area contributed by atoms with Gasteiger partial charge in [0, 0.05) is 29.3 Å². The van der Waals surface area contributed by atoms with E-state index >= 15 is 0 Å². The second kappa shape index (κ2) is 7.78. The van der Waals surface area contributed by atoms with E-state index in [1.807, 2.05) is 12.1 Å². The monoisotopic (exact) mass is 365 g/mol.